The Labute approximate surface area is 690 Å². The third kappa shape index (κ3) is 14.8. The van der Waals surface area contributed by atoms with Crippen LogP contribution in [-0.2, 0) is 35.2 Å². The standard InChI is InChI=1S/3C22H22NO.C21H21N2O.C18H15N2O/c3*1-14(2)16-11-12-23(4)19(13-16)21-15(3)9-10-18-17-7-5-6-8-20(17)24-22(18)21;1-13(2)15-9-11-23(4)18(12-15)19-14(3)7-8-16-17-6-5-10-22-21(17)24-20(16)19;1-12-8-9-13-14-6-5-10-19-18(14)21-17(13)16(12)15-7-3-4-11-20(15)2/h3*5-14H,1-4H3;5-13H,1-4H3;3-11H,1-2H3/q5*+1/i1D3,14D;14D;;;. The summed E-state index contributed by atoms with van der Waals surface area (Å²) >= 11 is 0. The van der Waals surface area contributed by atoms with Crippen LogP contribution in [-0.4, -0.2) is 9.97 Å². The monoisotopic (exact) mass is 1550 g/mol. The Morgan fingerprint density at radius 1 is 0.274 bits per heavy atom. The quantitative estimate of drug-likeness (QED) is 0.132. The molecule has 0 N–H and O–H groups in total. The molecule has 0 aliphatic rings. The molecule has 8 aromatic carbocycles. The molecule has 0 amide bonds. The van der Waals surface area contributed by atoms with Gasteiger partial charge in [0.15, 0.2) is 42.2 Å². The second-order valence-electron chi connectivity index (χ2n) is 31.7. The van der Waals surface area contributed by atoms with Gasteiger partial charge in [0.1, 0.15) is 68.7 Å². The first-order chi connectivity index (χ1) is 58.3. The van der Waals surface area contributed by atoms with Gasteiger partial charge in [0.05, 0.1) is 27.8 Å². The number of fused-ring (bicyclic) bond motifs is 15. The molecule has 0 radical (unpaired) electrons. The van der Waals surface area contributed by atoms with Crippen molar-refractivity contribution in [1.82, 2.24) is 9.97 Å². The summed E-state index contributed by atoms with van der Waals surface area (Å²) in [6.45, 7) is 22.3. The lowest BCUT2D eigenvalue weighted by Gasteiger charge is -2.09. The fourth-order valence-corrected chi connectivity index (χ4v) is 16.2. The summed E-state index contributed by atoms with van der Waals surface area (Å²) in [7, 11) is 10.2. The number of rotatable bonds is 9. The molecule has 0 saturated carbocycles. The zero-order chi connectivity index (χ0) is 86.1. The van der Waals surface area contributed by atoms with Crippen molar-refractivity contribution in [2.45, 2.75) is 114 Å². The van der Waals surface area contributed by atoms with Crippen molar-refractivity contribution in [1.29, 1.82) is 0 Å². The molecular formula is C105H102N7O5+5. The Balaban J connectivity index is 0.000000113. The van der Waals surface area contributed by atoms with Gasteiger partial charge in [-0.05, 0) is 157 Å². The van der Waals surface area contributed by atoms with Crippen LogP contribution in [0.4, 0.5) is 0 Å². The highest BCUT2D eigenvalue weighted by molar-refractivity contribution is 6.13. The minimum Gasteiger partial charge on any atom is -0.455 e. The van der Waals surface area contributed by atoms with Crippen LogP contribution in [0.25, 0.3) is 166 Å². The van der Waals surface area contributed by atoms with Crippen molar-refractivity contribution >= 4 is 110 Å². The number of aromatic nitrogens is 7. The summed E-state index contributed by atoms with van der Waals surface area (Å²) in [6, 6.07) is 76.4. The summed E-state index contributed by atoms with van der Waals surface area (Å²) in [5.41, 5.74) is 29.4. The fourth-order valence-electron chi connectivity index (χ4n) is 16.2. The van der Waals surface area contributed by atoms with Crippen molar-refractivity contribution in [3.63, 3.8) is 0 Å². The topological polar surface area (TPSA) is 111 Å². The predicted molar refractivity (Wildman–Crippen MR) is 477 cm³/mol. The molecule has 0 saturated heterocycles. The maximum atomic E-state index is 8.46. The lowest BCUT2D eigenvalue weighted by molar-refractivity contribution is -0.660. The summed E-state index contributed by atoms with van der Waals surface area (Å²) in [6.07, 6.45) is 13.7. The molecule has 582 valence electrons. The van der Waals surface area contributed by atoms with Crippen molar-refractivity contribution in [3.05, 3.63) is 318 Å². The first-order valence-electron chi connectivity index (χ1n) is 42.6. The van der Waals surface area contributed by atoms with Gasteiger partial charge in [-0.2, -0.15) is 0 Å². The second-order valence-corrected chi connectivity index (χ2v) is 31.7. The Morgan fingerprint density at radius 2 is 0.556 bits per heavy atom. The predicted octanol–water partition coefficient (Wildman–Crippen LogP) is 25.2. The van der Waals surface area contributed by atoms with E-state index in [0.29, 0.717) is 28.8 Å². The van der Waals surface area contributed by atoms with Gasteiger partial charge in [-0.15, -0.1) is 0 Å². The van der Waals surface area contributed by atoms with Crippen LogP contribution in [0.3, 0.4) is 0 Å². The summed E-state index contributed by atoms with van der Waals surface area (Å²) < 4.78 is 81.5. The van der Waals surface area contributed by atoms with Crippen molar-refractivity contribution in [2.75, 3.05) is 0 Å². The maximum Gasteiger partial charge on any atom is 0.227 e. The van der Waals surface area contributed by atoms with Crippen molar-refractivity contribution in [3.8, 4) is 56.3 Å². The number of nitrogens with zero attached hydrogens (tertiary/aromatic N) is 7. The molecule has 12 nitrogen and oxygen atoms in total. The molecule has 12 aromatic heterocycles. The van der Waals surface area contributed by atoms with Gasteiger partial charge in [0.2, 0.25) is 39.9 Å². The highest BCUT2D eigenvalue weighted by Gasteiger charge is 2.28. The van der Waals surface area contributed by atoms with E-state index >= 15 is 0 Å². The molecule has 0 fully saturated rings. The summed E-state index contributed by atoms with van der Waals surface area (Å²) in [5.74, 6) is -1.35. The third-order valence-electron chi connectivity index (χ3n) is 22.8. The lowest BCUT2D eigenvalue weighted by atomic mass is 9.97. The van der Waals surface area contributed by atoms with E-state index in [0.717, 1.165) is 138 Å². The SMILES string of the molecule is Cc1ccc2c(oc3ccccc32)c1-c1cc(C(C)C)cc[n+]1C.Cc1ccc2c(oc3ncccc32)c1-c1cc(C(C)C)cc[n+]1C.Cc1ccc2c(oc3ncccc32)c1-c1cccc[n+]1C.[2H]C(C)(C)c1cc[n+](C)c(-c2c(C)ccc3c2oc2ccccc23)c1.[2H]C([2H])([2H])C([2H])(C)c1cc[n+](C)c(-c2c(C)ccc3c2oc2ccccc23)c1. The van der Waals surface area contributed by atoms with Gasteiger partial charge in [-0.1, -0.05) is 171 Å². The molecule has 20 rings (SSSR count). The molecule has 0 bridgehead atoms. The smallest absolute Gasteiger partial charge is 0.227 e. The summed E-state index contributed by atoms with van der Waals surface area (Å²) in [5, 5.41) is 11.1. The Hall–Kier alpha value is -13.2. The Bertz CT molecular complexity index is 7270. The molecule has 20 aromatic rings. The first kappa shape index (κ1) is 71.6. The molecule has 12 heterocycles. The van der Waals surface area contributed by atoms with E-state index in [2.05, 4.69) is 257 Å². The highest BCUT2D eigenvalue weighted by atomic mass is 16.4. The van der Waals surface area contributed by atoms with Crippen molar-refractivity contribution < 1.29 is 51.8 Å². The van der Waals surface area contributed by atoms with Crippen molar-refractivity contribution in [2.24, 2.45) is 35.2 Å². The number of benzene rings is 8. The van der Waals surface area contributed by atoms with Crippen LogP contribution in [0.5, 0.6) is 0 Å². The van der Waals surface area contributed by atoms with Crippen LogP contribution in [0.2, 0.25) is 0 Å². The molecule has 0 aliphatic carbocycles. The Kier molecular flexibility index (Phi) is 19.7. The number of hydrogen-bond donors (Lipinski definition) is 0. The molecule has 1 atom stereocenters. The van der Waals surface area contributed by atoms with Gasteiger partial charge >= 0.3 is 0 Å². The van der Waals surface area contributed by atoms with Crippen LogP contribution in [0.1, 0.15) is 136 Å². The fraction of sp³-hybridized carbons (Fsp3) is 0.210. The average Bonchev–Trinajstić information content (AvgIpc) is 1.37. The minimum atomic E-state index is -2.43. The van der Waals surface area contributed by atoms with E-state index in [1.54, 1.807) is 24.5 Å². The zero-order valence-corrected chi connectivity index (χ0v) is 69.7. The van der Waals surface area contributed by atoms with E-state index < -0.39 is 18.6 Å². The minimum absolute atomic E-state index is 0.452. The van der Waals surface area contributed by atoms with E-state index in [4.69, 9.17) is 28.9 Å². The third-order valence-corrected chi connectivity index (χ3v) is 22.8. The van der Waals surface area contributed by atoms with E-state index in [1.807, 2.05) is 131 Å². The lowest BCUT2D eigenvalue weighted by Crippen LogP contribution is -2.31. The number of para-hydroxylation sites is 3. The van der Waals surface area contributed by atoms with Crippen LogP contribution in [0.15, 0.2) is 290 Å². The molecule has 12 heteroatoms. The normalized spacial score (nSPS) is 13.0. The van der Waals surface area contributed by atoms with E-state index in [9.17, 15) is 0 Å². The van der Waals surface area contributed by atoms with Gasteiger partial charge in [-0.3, -0.25) is 0 Å². The average molecular weight is 1550 g/mol. The van der Waals surface area contributed by atoms with Gasteiger partial charge in [0.25, 0.3) is 0 Å². The van der Waals surface area contributed by atoms with Crippen LogP contribution < -0.4 is 22.8 Å². The zero-order valence-electron chi connectivity index (χ0n) is 74.7. The van der Waals surface area contributed by atoms with Crippen LogP contribution in [0, 0.1) is 34.6 Å². The number of furan rings is 5. The number of hydrogen-bond acceptors (Lipinski definition) is 7. The van der Waals surface area contributed by atoms with E-state index in [1.165, 1.54) is 68.0 Å². The molecule has 1 unspecified atom stereocenters. The number of pyridine rings is 7. The van der Waals surface area contributed by atoms with Gasteiger partial charge in [-0.25, -0.2) is 32.8 Å². The molecule has 0 aliphatic heterocycles. The van der Waals surface area contributed by atoms with E-state index in [-0.39, 0.29) is 0 Å². The molecular weight excluding hydrogens is 1440 g/mol. The first-order valence-corrected chi connectivity index (χ1v) is 40.1. The summed E-state index contributed by atoms with van der Waals surface area (Å²) in [4.78, 5) is 8.71. The highest BCUT2D eigenvalue weighted by Crippen LogP contribution is 2.43. The molecule has 117 heavy (non-hydrogen) atoms. The second kappa shape index (κ2) is 32.2. The number of aryl methyl sites for hydroxylation is 10. The van der Waals surface area contributed by atoms with Gasteiger partial charge in [0, 0.05) is 134 Å². The molecule has 0 spiro atoms. The van der Waals surface area contributed by atoms with Gasteiger partial charge < -0.3 is 22.1 Å². The maximum absolute atomic E-state index is 8.46. The van der Waals surface area contributed by atoms with Crippen LogP contribution >= 0.6 is 0 Å². The Morgan fingerprint density at radius 3 is 0.889 bits per heavy atom. The largest absolute Gasteiger partial charge is 0.455 e.